The van der Waals surface area contributed by atoms with Gasteiger partial charge in [-0.1, -0.05) is 5.92 Å². The molecule has 0 spiro atoms. The lowest BCUT2D eigenvalue weighted by atomic mass is 10.1. The quantitative estimate of drug-likeness (QED) is 0.662. The molecule has 0 amide bonds. The molecule has 1 aromatic carbocycles. The molecule has 0 aliphatic carbocycles. The Labute approximate surface area is 84.1 Å². The van der Waals surface area contributed by atoms with Gasteiger partial charge in [-0.05, 0) is 38.1 Å². The van der Waals surface area contributed by atoms with Gasteiger partial charge in [0.2, 0.25) is 0 Å². The molecule has 0 saturated carbocycles. The van der Waals surface area contributed by atoms with E-state index in [4.69, 9.17) is 16.4 Å². The molecule has 0 aromatic heterocycles. The Morgan fingerprint density at radius 1 is 1.29 bits per heavy atom. The Morgan fingerprint density at radius 3 is 2.29 bits per heavy atom. The molecule has 70 valence electrons. The zero-order valence-electron chi connectivity index (χ0n) is 8.24. The minimum atomic E-state index is -0.617. The van der Waals surface area contributed by atoms with E-state index in [1.54, 1.807) is 24.3 Å². The third-order valence-corrected chi connectivity index (χ3v) is 1.70. The van der Waals surface area contributed by atoms with Crippen LogP contribution >= 0.6 is 0 Å². The number of terminal acetylenes is 1. The SMILES string of the molecule is C#CC(C)(C)Oc1ccc(C#N)cc1. The number of nitriles is 1. The van der Waals surface area contributed by atoms with Gasteiger partial charge in [0.25, 0.3) is 0 Å². The molecule has 0 unspecified atom stereocenters. The monoisotopic (exact) mass is 185 g/mol. The minimum Gasteiger partial charge on any atom is -0.475 e. The summed E-state index contributed by atoms with van der Waals surface area (Å²) in [6.45, 7) is 3.62. The van der Waals surface area contributed by atoms with Crippen molar-refractivity contribution in [1.82, 2.24) is 0 Å². The van der Waals surface area contributed by atoms with Crippen LogP contribution in [-0.2, 0) is 0 Å². The first kappa shape index (κ1) is 10.2. The molecular formula is C12H11NO. The van der Waals surface area contributed by atoms with Crippen LogP contribution in [0.5, 0.6) is 5.75 Å². The van der Waals surface area contributed by atoms with Crippen molar-refractivity contribution in [3.8, 4) is 24.2 Å². The number of rotatable bonds is 2. The smallest absolute Gasteiger partial charge is 0.163 e. The second-order valence-corrected chi connectivity index (χ2v) is 3.39. The molecule has 1 rings (SSSR count). The van der Waals surface area contributed by atoms with Crippen molar-refractivity contribution < 1.29 is 4.74 Å². The molecule has 0 atom stereocenters. The first-order chi connectivity index (χ1) is 6.57. The molecule has 0 fully saturated rings. The number of ether oxygens (including phenoxy) is 1. The number of hydrogen-bond acceptors (Lipinski definition) is 2. The van der Waals surface area contributed by atoms with E-state index in [0.717, 1.165) is 0 Å². The molecule has 0 aliphatic rings. The summed E-state index contributed by atoms with van der Waals surface area (Å²) in [7, 11) is 0. The fourth-order valence-electron chi connectivity index (χ4n) is 0.922. The van der Waals surface area contributed by atoms with Gasteiger partial charge in [-0.2, -0.15) is 5.26 Å². The van der Waals surface area contributed by atoms with Gasteiger partial charge >= 0.3 is 0 Å². The molecule has 0 aliphatic heterocycles. The van der Waals surface area contributed by atoms with Crippen LogP contribution in [0.15, 0.2) is 24.3 Å². The van der Waals surface area contributed by atoms with E-state index in [1.807, 2.05) is 19.9 Å². The van der Waals surface area contributed by atoms with E-state index in [2.05, 4.69) is 5.92 Å². The molecule has 1 aromatic rings. The Hall–Kier alpha value is -1.93. The fourth-order valence-corrected chi connectivity index (χ4v) is 0.922. The summed E-state index contributed by atoms with van der Waals surface area (Å²) in [5.74, 6) is 3.20. The fraction of sp³-hybridized carbons (Fsp3) is 0.250. The Morgan fingerprint density at radius 2 is 1.86 bits per heavy atom. The summed E-state index contributed by atoms with van der Waals surface area (Å²) in [5, 5.41) is 8.58. The average Bonchev–Trinajstić information content (AvgIpc) is 2.19. The normalized spacial score (nSPS) is 10.0. The maximum Gasteiger partial charge on any atom is 0.163 e. The van der Waals surface area contributed by atoms with Crippen molar-refractivity contribution in [3.05, 3.63) is 29.8 Å². The van der Waals surface area contributed by atoms with Crippen LogP contribution in [0, 0.1) is 23.7 Å². The van der Waals surface area contributed by atoms with Crippen LogP contribution < -0.4 is 4.74 Å². The van der Waals surface area contributed by atoms with Crippen molar-refractivity contribution >= 4 is 0 Å². The Kier molecular flexibility index (Phi) is 2.79. The van der Waals surface area contributed by atoms with Crippen LogP contribution in [0.4, 0.5) is 0 Å². The zero-order chi connectivity index (χ0) is 10.6. The number of hydrogen-bond donors (Lipinski definition) is 0. The lowest BCUT2D eigenvalue weighted by Gasteiger charge is -2.19. The van der Waals surface area contributed by atoms with Crippen molar-refractivity contribution in [1.29, 1.82) is 5.26 Å². The lowest BCUT2D eigenvalue weighted by molar-refractivity contribution is 0.172. The molecule has 0 N–H and O–H groups in total. The maximum absolute atomic E-state index is 8.58. The first-order valence-electron chi connectivity index (χ1n) is 4.24. The molecule has 0 heterocycles. The highest BCUT2D eigenvalue weighted by atomic mass is 16.5. The summed E-state index contributed by atoms with van der Waals surface area (Å²) >= 11 is 0. The highest BCUT2D eigenvalue weighted by Gasteiger charge is 2.14. The second kappa shape index (κ2) is 3.85. The predicted octanol–water partition coefficient (Wildman–Crippen LogP) is 2.35. The van der Waals surface area contributed by atoms with Gasteiger partial charge in [-0.3, -0.25) is 0 Å². The van der Waals surface area contributed by atoms with Gasteiger partial charge in [-0.25, -0.2) is 0 Å². The number of benzene rings is 1. The van der Waals surface area contributed by atoms with E-state index < -0.39 is 5.60 Å². The third kappa shape index (κ3) is 2.54. The van der Waals surface area contributed by atoms with Gasteiger partial charge in [0.05, 0.1) is 11.6 Å². The zero-order valence-corrected chi connectivity index (χ0v) is 8.24. The summed E-state index contributed by atoms with van der Waals surface area (Å²) in [5.41, 5.74) is -0.00962. The molecule has 14 heavy (non-hydrogen) atoms. The molecule has 0 saturated heterocycles. The average molecular weight is 185 g/mol. The second-order valence-electron chi connectivity index (χ2n) is 3.39. The van der Waals surface area contributed by atoms with Crippen molar-refractivity contribution in [3.63, 3.8) is 0 Å². The molecule has 0 bridgehead atoms. The molecule has 2 heteroatoms. The predicted molar refractivity (Wildman–Crippen MR) is 54.7 cm³/mol. The van der Waals surface area contributed by atoms with E-state index >= 15 is 0 Å². The van der Waals surface area contributed by atoms with E-state index in [9.17, 15) is 0 Å². The maximum atomic E-state index is 8.58. The third-order valence-electron chi connectivity index (χ3n) is 1.70. The molecular weight excluding hydrogens is 174 g/mol. The summed E-state index contributed by atoms with van der Waals surface area (Å²) in [6, 6.07) is 8.90. The van der Waals surface area contributed by atoms with Crippen molar-refractivity contribution in [2.24, 2.45) is 0 Å². The van der Waals surface area contributed by atoms with Gasteiger partial charge in [0.15, 0.2) is 5.60 Å². The van der Waals surface area contributed by atoms with Gasteiger partial charge in [0, 0.05) is 0 Å². The molecule has 2 nitrogen and oxygen atoms in total. The first-order valence-corrected chi connectivity index (χ1v) is 4.24. The largest absolute Gasteiger partial charge is 0.475 e. The standard InChI is InChI=1S/C12H11NO/c1-4-12(2,3)14-11-7-5-10(9-13)6-8-11/h1,5-8H,2-3H3. The Bertz CT molecular complexity index is 390. The number of nitrogens with zero attached hydrogens (tertiary/aromatic N) is 1. The highest BCUT2D eigenvalue weighted by molar-refractivity contribution is 5.35. The van der Waals surface area contributed by atoms with Crippen LogP contribution in [0.25, 0.3) is 0 Å². The van der Waals surface area contributed by atoms with Crippen LogP contribution in [-0.4, -0.2) is 5.60 Å². The van der Waals surface area contributed by atoms with E-state index in [1.165, 1.54) is 0 Å². The van der Waals surface area contributed by atoms with Crippen LogP contribution in [0.3, 0.4) is 0 Å². The van der Waals surface area contributed by atoms with Crippen LogP contribution in [0.2, 0.25) is 0 Å². The minimum absolute atomic E-state index is 0.607. The van der Waals surface area contributed by atoms with Gasteiger partial charge in [0.1, 0.15) is 5.75 Å². The summed E-state index contributed by atoms with van der Waals surface area (Å²) in [4.78, 5) is 0. The van der Waals surface area contributed by atoms with E-state index in [-0.39, 0.29) is 0 Å². The van der Waals surface area contributed by atoms with Crippen LogP contribution in [0.1, 0.15) is 19.4 Å². The Balaban J connectivity index is 2.81. The lowest BCUT2D eigenvalue weighted by Crippen LogP contribution is -2.25. The van der Waals surface area contributed by atoms with E-state index in [0.29, 0.717) is 11.3 Å². The van der Waals surface area contributed by atoms with Gasteiger partial charge < -0.3 is 4.74 Å². The van der Waals surface area contributed by atoms with Crippen molar-refractivity contribution in [2.45, 2.75) is 19.4 Å². The highest BCUT2D eigenvalue weighted by Crippen LogP contribution is 2.17. The summed E-state index contributed by atoms with van der Waals surface area (Å²) < 4.78 is 5.50. The topological polar surface area (TPSA) is 33.0 Å². The van der Waals surface area contributed by atoms with Crippen molar-refractivity contribution in [2.75, 3.05) is 0 Å². The molecule has 0 radical (unpaired) electrons. The van der Waals surface area contributed by atoms with Gasteiger partial charge in [-0.15, -0.1) is 6.42 Å². The summed E-state index contributed by atoms with van der Waals surface area (Å²) in [6.07, 6.45) is 5.28.